The molecule has 2 fully saturated rings. The predicted molar refractivity (Wildman–Crippen MR) is 77.4 cm³/mol. The molecule has 0 radical (unpaired) electrons. The average molecular weight is 299 g/mol. The van der Waals surface area contributed by atoms with Gasteiger partial charge in [0.1, 0.15) is 5.02 Å². The maximum absolute atomic E-state index is 12.4. The molecule has 0 saturated carbocycles. The lowest BCUT2D eigenvalue weighted by Gasteiger charge is -2.30. The highest BCUT2D eigenvalue weighted by atomic mass is 35.5. The number of hydrogen-bond acceptors (Lipinski definition) is 5. The first-order valence-electron chi connectivity index (χ1n) is 7.12. The minimum atomic E-state index is -0.272. The van der Waals surface area contributed by atoms with E-state index in [0.717, 1.165) is 51.1 Å². The van der Waals surface area contributed by atoms with Gasteiger partial charge in [-0.3, -0.25) is 4.79 Å². The van der Waals surface area contributed by atoms with Crippen molar-refractivity contribution in [2.45, 2.75) is 25.5 Å². The van der Waals surface area contributed by atoms with Crippen molar-refractivity contribution in [1.82, 2.24) is 15.1 Å². The maximum atomic E-state index is 12.4. The Balaban J connectivity index is 1.88. The second kappa shape index (κ2) is 6.11. The first-order valence-corrected chi connectivity index (χ1v) is 7.50. The molecule has 0 spiro atoms. The largest absolute Gasteiger partial charge is 0.366 e. The standard InChI is InChI=1S/C13H19ClN4O2/c14-12-10(17-6-4-15-5-7-17)9-16-18(13(12)19)11-3-1-2-8-20-11/h9,11,15H,1-8H2. The number of aromatic nitrogens is 2. The molecule has 0 amide bonds. The number of nitrogens with one attached hydrogen (secondary N) is 1. The number of rotatable bonds is 2. The molecule has 1 atom stereocenters. The van der Waals surface area contributed by atoms with Gasteiger partial charge < -0.3 is 15.0 Å². The molecule has 1 unspecified atom stereocenters. The zero-order chi connectivity index (χ0) is 13.9. The Morgan fingerprint density at radius 2 is 2.15 bits per heavy atom. The van der Waals surface area contributed by atoms with Crippen LogP contribution in [-0.2, 0) is 4.74 Å². The monoisotopic (exact) mass is 298 g/mol. The van der Waals surface area contributed by atoms with Crippen LogP contribution in [0.4, 0.5) is 5.69 Å². The van der Waals surface area contributed by atoms with E-state index in [1.54, 1.807) is 6.20 Å². The number of hydrogen-bond donors (Lipinski definition) is 1. The fourth-order valence-electron chi connectivity index (χ4n) is 2.68. The van der Waals surface area contributed by atoms with Crippen LogP contribution in [0.15, 0.2) is 11.0 Å². The third-order valence-corrected chi connectivity index (χ3v) is 4.17. The summed E-state index contributed by atoms with van der Waals surface area (Å²) in [6, 6.07) is 0. The van der Waals surface area contributed by atoms with E-state index in [0.29, 0.717) is 6.61 Å². The van der Waals surface area contributed by atoms with Gasteiger partial charge in [0.15, 0.2) is 6.23 Å². The summed E-state index contributed by atoms with van der Waals surface area (Å²) in [5, 5.41) is 7.79. The molecular weight excluding hydrogens is 280 g/mol. The van der Waals surface area contributed by atoms with Crippen LogP contribution in [0.5, 0.6) is 0 Å². The summed E-state index contributed by atoms with van der Waals surface area (Å²) < 4.78 is 6.99. The smallest absolute Gasteiger partial charge is 0.290 e. The third kappa shape index (κ3) is 2.68. The molecule has 1 N–H and O–H groups in total. The van der Waals surface area contributed by atoms with Crippen molar-refractivity contribution < 1.29 is 4.74 Å². The summed E-state index contributed by atoms with van der Waals surface area (Å²) in [6.45, 7) is 4.14. The summed E-state index contributed by atoms with van der Waals surface area (Å²) in [5.74, 6) is 0. The fourth-order valence-corrected chi connectivity index (χ4v) is 2.94. The molecule has 110 valence electrons. The van der Waals surface area contributed by atoms with Crippen molar-refractivity contribution in [2.24, 2.45) is 0 Å². The van der Waals surface area contributed by atoms with Crippen LogP contribution in [0.1, 0.15) is 25.5 Å². The zero-order valence-corrected chi connectivity index (χ0v) is 12.1. The van der Waals surface area contributed by atoms with E-state index >= 15 is 0 Å². The highest BCUT2D eigenvalue weighted by molar-refractivity contribution is 6.33. The lowest BCUT2D eigenvalue weighted by Crippen LogP contribution is -2.44. The molecule has 0 aliphatic carbocycles. The third-order valence-electron chi connectivity index (χ3n) is 3.81. The average Bonchev–Trinajstić information content (AvgIpc) is 2.52. The molecule has 2 saturated heterocycles. The van der Waals surface area contributed by atoms with Crippen molar-refractivity contribution in [3.63, 3.8) is 0 Å². The molecule has 6 nitrogen and oxygen atoms in total. The molecule has 3 rings (SSSR count). The van der Waals surface area contributed by atoms with E-state index in [9.17, 15) is 4.79 Å². The van der Waals surface area contributed by atoms with Crippen LogP contribution >= 0.6 is 11.6 Å². The van der Waals surface area contributed by atoms with Gasteiger partial charge in [-0.05, 0) is 19.3 Å². The number of halogens is 1. The molecule has 0 bridgehead atoms. The molecule has 1 aromatic heterocycles. The van der Waals surface area contributed by atoms with Gasteiger partial charge in [0.25, 0.3) is 5.56 Å². The molecule has 7 heteroatoms. The topological polar surface area (TPSA) is 59.4 Å². The van der Waals surface area contributed by atoms with Gasteiger partial charge in [-0.1, -0.05) is 11.6 Å². The first kappa shape index (κ1) is 13.9. The highest BCUT2D eigenvalue weighted by Gasteiger charge is 2.22. The number of piperazine rings is 1. The Hall–Kier alpha value is -1.11. The maximum Gasteiger partial charge on any atom is 0.290 e. The second-order valence-electron chi connectivity index (χ2n) is 5.15. The molecule has 2 aliphatic heterocycles. The minimum absolute atomic E-state index is 0.246. The van der Waals surface area contributed by atoms with Crippen LogP contribution < -0.4 is 15.8 Å². The van der Waals surface area contributed by atoms with Crippen molar-refractivity contribution >= 4 is 17.3 Å². The van der Waals surface area contributed by atoms with Crippen molar-refractivity contribution in [2.75, 3.05) is 37.7 Å². The summed E-state index contributed by atoms with van der Waals surface area (Å²) in [7, 11) is 0. The number of nitrogens with zero attached hydrogens (tertiary/aromatic N) is 3. The molecule has 20 heavy (non-hydrogen) atoms. The number of anilines is 1. The highest BCUT2D eigenvalue weighted by Crippen LogP contribution is 2.24. The van der Waals surface area contributed by atoms with Crippen molar-refractivity contribution in [3.05, 3.63) is 21.6 Å². The van der Waals surface area contributed by atoms with Gasteiger partial charge >= 0.3 is 0 Å². The van der Waals surface area contributed by atoms with Crippen molar-refractivity contribution in [3.8, 4) is 0 Å². The van der Waals surface area contributed by atoms with Gasteiger partial charge in [0.2, 0.25) is 0 Å². The van der Waals surface area contributed by atoms with E-state index in [4.69, 9.17) is 16.3 Å². The van der Waals surface area contributed by atoms with E-state index in [2.05, 4.69) is 15.3 Å². The number of ether oxygens (including phenoxy) is 1. The van der Waals surface area contributed by atoms with E-state index in [1.165, 1.54) is 4.68 Å². The van der Waals surface area contributed by atoms with Crippen LogP contribution in [0.2, 0.25) is 5.02 Å². The van der Waals surface area contributed by atoms with Crippen LogP contribution in [-0.4, -0.2) is 42.6 Å². The van der Waals surface area contributed by atoms with E-state index in [1.807, 2.05) is 0 Å². The Kier molecular flexibility index (Phi) is 4.24. The summed E-state index contributed by atoms with van der Waals surface area (Å²) in [4.78, 5) is 14.5. The Morgan fingerprint density at radius 1 is 1.35 bits per heavy atom. The SMILES string of the molecule is O=c1c(Cl)c(N2CCNCC2)cnn1C1CCCCO1. The summed E-state index contributed by atoms with van der Waals surface area (Å²) in [5.41, 5.74) is 0.472. The zero-order valence-electron chi connectivity index (χ0n) is 11.3. The first-order chi connectivity index (χ1) is 9.77. The van der Waals surface area contributed by atoms with E-state index < -0.39 is 0 Å². The normalized spacial score (nSPS) is 23.9. The van der Waals surface area contributed by atoms with Crippen LogP contribution in [0.3, 0.4) is 0 Å². The fraction of sp³-hybridized carbons (Fsp3) is 0.692. The van der Waals surface area contributed by atoms with E-state index in [-0.39, 0.29) is 16.8 Å². The molecule has 3 heterocycles. The summed E-state index contributed by atoms with van der Waals surface area (Å²) in [6.07, 6.45) is 4.32. The molecular formula is C13H19ClN4O2. The van der Waals surface area contributed by atoms with Crippen LogP contribution in [0.25, 0.3) is 0 Å². The molecule has 0 aromatic carbocycles. The Bertz CT molecular complexity index is 522. The predicted octanol–water partition coefficient (Wildman–Crippen LogP) is 1.01. The second-order valence-corrected chi connectivity index (χ2v) is 5.53. The van der Waals surface area contributed by atoms with Gasteiger partial charge in [-0.2, -0.15) is 9.78 Å². The summed E-state index contributed by atoms with van der Waals surface area (Å²) >= 11 is 6.26. The molecule has 1 aromatic rings. The van der Waals surface area contributed by atoms with Gasteiger partial charge in [-0.15, -0.1) is 0 Å². The lowest BCUT2D eigenvalue weighted by molar-refractivity contribution is -0.0424. The van der Waals surface area contributed by atoms with Crippen molar-refractivity contribution in [1.29, 1.82) is 0 Å². The Labute approximate surface area is 122 Å². The van der Waals surface area contributed by atoms with Gasteiger partial charge in [0.05, 0.1) is 11.9 Å². The quantitative estimate of drug-likeness (QED) is 0.883. The van der Waals surface area contributed by atoms with Gasteiger partial charge in [0, 0.05) is 32.8 Å². The Morgan fingerprint density at radius 3 is 2.85 bits per heavy atom. The van der Waals surface area contributed by atoms with Crippen LogP contribution in [0, 0.1) is 0 Å². The lowest BCUT2D eigenvalue weighted by atomic mass is 10.2. The minimum Gasteiger partial charge on any atom is -0.366 e. The molecule has 2 aliphatic rings. The van der Waals surface area contributed by atoms with Gasteiger partial charge in [-0.25, -0.2) is 0 Å².